The molecular formula is C21H31Cl2N3O2Si. The van der Waals surface area contributed by atoms with Crippen molar-refractivity contribution in [3.63, 3.8) is 0 Å². The maximum atomic E-state index is 12.4. The minimum absolute atomic E-state index is 0.0305. The zero-order chi connectivity index (χ0) is 21.6. The van der Waals surface area contributed by atoms with Crippen LogP contribution in [0.25, 0.3) is 10.9 Å². The highest BCUT2D eigenvalue weighted by Crippen LogP contribution is 2.42. The van der Waals surface area contributed by atoms with Crippen LogP contribution in [0.1, 0.15) is 44.9 Å². The third kappa shape index (κ3) is 4.31. The summed E-state index contributed by atoms with van der Waals surface area (Å²) in [6.45, 7) is 15.0. The summed E-state index contributed by atoms with van der Waals surface area (Å²) in [5.41, 5.74) is 3.71. The number of H-pyrrole nitrogens is 1. The number of rotatable bonds is 5. The molecular weight excluding hydrogens is 425 g/mol. The first-order valence-corrected chi connectivity index (χ1v) is 13.8. The summed E-state index contributed by atoms with van der Waals surface area (Å²) in [6.07, 6.45) is 0.738. The number of anilines is 1. The smallest absolute Gasteiger partial charge is 0.227 e. The van der Waals surface area contributed by atoms with Crippen LogP contribution >= 0.6 is 23.2 Å². The summed E-state index contributed by atoms with van der Waals surface area (Å²) in [5, 5.41) is 8.54. The fourth-order valence-corrected chi connectivity index (χ4v) is 4.96. The molecule has 0 spiro atoms. The maximum absolute atomic E-state index is 12.4. The van der Waals surface area contributed by atoms with Crippen LogP contribution in [0.2, 0.25) is 28.2 Å². The average Bonchev–Trinajstić information content (AvgIpc) is 2.94. The van der Waals surface area contributed by atoms with Crippen LogP contribution in [0.15, 0.2) is 6.07 Å². The van der Waals surface area contributed by atoms with Gasteiger partial charge < -0.3 is 20.0 Å². The molecule has 3 N–H and O–H groups in total. The van der Waals surface area contributed by atoms with Gasteiger partial charge in [0, 0.05) is 36.3 Å². The SMILES string of the molecule is CC1C(=O)NCCc2[nH]c3c(Cl)c(Cl)cc(NCCO[Si](C)(C)C(C)(C)C)c3c21. The first-order valence-electron chi connectivity index (χ1n) is 10.1. The zero-order valence-corrected chi connectivity index (χ0v) is 20.6. The molecule has 29 heavy (non-hydrogen) atoms. The van der Waals surface area contributed by atoms with E-state index in [2.05, 4.69) is 49.5 Å². The Morgan fingerprint density at radius 3 is 2.66 bits per heavy atom. The predicted octanol–water partition coefficient (Wildman–Crippen LogP) is 5.68. The molecule has 2 heterocycles. The monoisotopic (exact) mass is 455 g/mol. The average molecular weight is 456 g/mol. The van der Waals surface area contributed by atoms with E-state index in [9.17, 15) is 4.79 Å². The predicted molar refractivity (Wildman–Crippen MR) is 125 cm³/mol. The van der Waals surface area contributed by atoms with Crippen molar-refractivity contribution in [3.05, 3.63) is 27.4 Å². The largest absolute Gasteiger partial charge is 0.415 e. The third-order valence-electron chi connectivity index (χ3n) is 6.28. The molecule has 1 aliphatic rings. The lowest BCUT2D eigenvalue weighted by atomic mass is 9.96. The Morgan fingerprint density at radius 1 is 1.31 bits per heavy atom. The van der Waals surface area contributed by atoms with E-state index < -0.39 is 8.32 Å². The van der Waals surface area contributed by atoms with Crippen molar-refractivity contribution in [1.29, 1.82) is 0 Å². The van der Waals surface area contributed by atoms with Gasteiger partial charge in [0.05, 0.1) is 28.1 Å². The number of aromatic amines is 1. The van der Waals surface area contributed by atoms with Gasteiger partial charge in [0.1, 0.15) is 0 Å². The Morgan fingerprint density at radius 2 is 2.00 bits per heavy atom. The topological polar surface area (TPSA) is 66.2 Å². The van der Waals surface area contributed by atoms with E-state index in [1.807, 2.05) is 13.0 Å². The van der Waals surface area contributed by atoms with Crippen molar-refractivity contribution in [2.75, 3.05) is 25.0 Å². The number of benzene rings is 1. The summed E-state index contributed by atoms with van der Waals surface area (Å²) >= 11 is 12.9. The highest BCUT2D eigenvalue weighted by molar-refractivity contribution is 6.74. The van der Waals surface area contributed by atoms with Crippen molar-refractivity contribution < 1.29 is 9.22 Å². The molecule has 5 nitrogen and oxygen atoms in total. The Kier molecular flexibility index (Phi) is 6.31. The fourth-order valence-electron chi connectivity index (χ4n) is 3.51. The first kappa shape index (κ1) is 22.5. The van der Waals surface area contributed by atoms with Crippen LogP contribution in [0.5, 0.6) is 0 Å². The second-order valence-corrected chi connectivity index (χ2v) is 14.9. The number of hydrogen-bond acceptors (Lipinski definition) is 3. The number of aromatic nitrogens is 1. The summed E-state index contributed by atoms with van der Waals surface area (Å²) in [7, 11) is -1.80. The molecule has 3 rings (SSSR count). The van der Waals surface area contributed by atoms with E-state index in [4.69, 9.17) is 27.6 Å². The molecule has 1 unspecified atom stereocenters. The number of halogens is 2. The molecule has 1 aromatic carbocycles. The molecule has 160 valence electrons. The van der Waals surface area contributed by atoms with Gasteiger partial charge in [-0.15, -0.1) is 0 Å². The Bertz CT molecular complexity index is 934. The van der Waals surface area contributed by atoms with Crippen LogP contribution in [-0.4, -0.2) is 38.9 Å². The molecule has 0 radical (unpaired) electrons. The van der Waals surface area contributed by atoms with E-state index in [1.165, 1.54) is 0 Å². The Balaban J connectivity index is 1.91. The third-order valence-corrected chi connectivity index (χ3v) is 11.6. The Labute approximate surface area is 184 Å². The lowest BCUT2D eigenvalue weighted by molar-refractivity contribution is -0.121. The number of fused-ring (bicyclic) bond motifs is 3. The van der Waals surface area contributed by atoms with Gasteiger partial charge >= 0.3 is 0 Å². The normalized spacial score (nSPS) is 17.8. The van der Waals surface area contributed by atoms with Gasteiger partial charge in [0.15, 0.2) is 8.32 Å². The van der Waals surface area contributed by atoms with Gasteiger partial charge in [-0.2, -0.15) is 0 Å². The second-order valence-electron chi connectivity index (χ2n) is 9.29. The number of carbonyl (C=O) groups excluding carboxylic acids is 1. The van der Waals surface area contributed by atoms with Crippen molar-refractivity contribution in [3.8, 4) is 0 Å². The minimum Gasteiger partial charge on any atom is -0.415 e. The molecule has 2 aromatic rings. The molecule has 0 fully saturated rings. The zero-order valence-electron chi connectivity index (χ0n) is 18.1. The van der Waals surface area contributed by atoms with Gasteiger partial charge in [0.2, 0.25) is 5.91 Å². The molecule has 1 aliphatic heterocycles. The van der Waals surface area contributed by atoms with Gasteiger partial charge in [-0.05, 0) is 36.7 Å². The second kappa shape index (κ2) is 8.14. The summed E-state index contributed by atoms with van der Waals surface area (Å²) in [6, 6.07) is 1.85. The van der Waals surface area contributed by atoms with Crippen molar-refractivity contribution >= 4 is 54.0 Å². The first-order chi connectivity index (χ1) is 13.4. The summed E-state index contributed by atoms with van der Waals surface area (Å²) < 4.78 is 6.28. The molecule has 8 heteroatoms. The summed E-state index contributed by atoms with van der Waals surface area (Å²) in [5.74, 6) is -0.231. The number of hydrogen-bond donors (Lipinski definition) is 3. The van der Waals surface area contributed by atoms with Crippen LogP contribution in [0.4, 0.5) is 5.69 Å². The molecule has 1 atom stereocenters. The molecule has 0 aliphatic carbocycles. The molecule has 1 aromatic heterocycles. The van der Waals surface area contributed by atoms with Gasteiger partial charge in [-0.3, -0.25) is 4.79 Å². The molecule has 1 amide bonds. The molecule has 0 bridgehead atoms. The van der Waals surface area contributed by atoms with Crippen LogP contribution in [-0.2, 0) is 15.6 Å². The minimum atomic E-state index is -1.80. The quantitative estimate of drug-likeness (QED) is 0.400. The van der Waals surface area contributed by atoms with Crippen LogP contribution in [0.3, 0.4) is 0 Å². The van der Waals surface area contributed by atoms with Crippen LogP contribution in [0, 0.1) is 0 Å². The van der Waals surface area contributed by atoms with Crippen molar-refractivity contribution in [1.82, 2.24) is 10.3 Å². The lowest BCUT2D eigenvalue weighted by Gasteiger charge is -2.36. The van der Waals surface area contributed by atoms with E-state index in [0.717, 1.165) is 34.3 Å². The molecule has 0 saturated heterocycles. The fraction of sp³-hybridized carbons (Fsp3) is 0.571. The van der Waals surface area contributed by atoms with Crippen molar-refractivity contribution in [2.24, 2.45) is 0 Å². The number of nitrogens with one attached hydrogen (secondary N) is 3. The highest BCUT2D eigenvalue weighted by atomic mass is 35.5. The van der Waals surface area contributed by atoms with E-state index in [-0.39, 0.29) is 16.9 Å². The number of amides is 1. The number of carbonyl (C=O) groups is 1. The van der Waals surface area contributed by atoms with Crippen LogP contribution < -0.4 is 10.6 Å². The van der Waals surface area contributed by atoms with Gasteiger partial charge in [0.25, 0.3) is 0 Å². The van der Waals surface area contributed by atoms with E-state index >= 15 is 0 Å². The van der Waals surface area contributed by atoms with Gasteiger partial charge in [-0.25, -0.2) is 0 Å². The van der Waals surface area contributed by atoms with Gasteiger partial charge in [-0.1, -0.05) is 44.0 Å². The van der Waals surface area contributed by atoms with Crippen molar-refractivity contribution in [2.45, 2.75) is 58.2 Å². The maximum Gasteiger partial charge on any atom is 0.227 e. The standard InChI is InChI=1S/C21H31Cl2N3O2Si/c1-12-16-14(7-8-25-20(12)27)26-19-17(16)15(11-13(22)18(19)23)24-9-10-28-29(5,6)21(2,3)4/h11-12,24,26H,7-10H2,1-6H3,(H,25,27). The highest BCUT2D eigenvalue weighted by Gasteiger charge is 2.37. The van der Waals surface area contributed by atoms with E-state index in [0.29, 0.717) is 29.7 Å². The summed E-state index contributed by atoms with van der Waals surface area (Å²) in [4.78, 5) is 15.8. The lowest BCUT2D eigenvalue weighted by Crippen LogP contribution is -2.41. The Hall–Kier alpha value is -1.21. The van der Waals surface area contributed by atoms with E-state index in [1.54, 1.807) is 0 Å². The molecule has 0 saturated carbocycles.